The van der Waals surface area contributed by atoms with Crippen LogP contribution in [0.4, 0.5) is 0 Å². The van der Waals surface area contributed by atoms with Gasteiger partial charge in [-0.1, -0.05) is 37.3 Å². The first-order valence-corrected chi connectivity index (χ1v) is 8.49. The minimum absolute atomic E-state index is 0.0149. The van der Waals surface area contributed by atoms with Crippen molar-refractivity contribution in [2.24, 2.45) is 0 Å². The molecule has 2 aromatic rings. The molecule has 0 spiro atoms. The molecule has 0 fully saturated rings. The Morgan fingerprint density at radius 1 is 1.00 bits per heavy atom. The maximum absolute atomic E-state index is 11.9. The third-order valence-corrected chi connectivity index (χ3v) is 3.73. The highest BCUT2D eigenvalue weighted by molar-refractivity contribution is 5.77. The molecule has 26 heavy (non-hydrogen) atoms. The van der Waals surface area contributed by atoms with E-state index in [1.54, 1.807) is 12.1 Å². The normalized spacial score (nSPS) is 10.2. The lowest BCUT2D eigenvalue weighted by atomic mass is 10.1. The number of para-hydroxylation sites is 1. The number of aliphatic carboxylic acids is 1. The van der Waals surface area contributed by atoms with Crippen molar-refractivity contribution >= 4 is 11.9 Å². The molecular weight excluding hydrogens is 334 g/mol. The van der Waals surface area contributed by atoms with Crippen LogP contribution in [0.5, 0.6) is 11.5 Å². The van der Waals surface area contributed by atoms with Crippen molar-refractivity contribution in [1.29, 1.82) is 0 Å². The van der Waals surface area contributed by atoms with Crippen molar-refractivity contribution < 1.29 is 24.2 Å². The lowest BCUT2D eigenvalue weighted by molar-refractivity contribution is -0.139. The molecule has 0 saturated heterocycles. The van der Waals surface area contributed by atoms with Crippen molar-refractivity contribution in [2.75, 3.05) is 19.8 Å². The summed E-state index contributed by atoms with van der Waals surface area (Å²) in [6, 6.07) is 14.8. The Morgan fingerprint density at radius 3 is 2.42 bits per heavy atom. The van der Waals surface area contributed by atoms with E-state index in [0.717, 1.165) is 23.3 Å². The van der Waals surface area contributed by atoms with Crippen molar-refractivity contribution in [3.63, 3.8) is 0 Å². The van der Waals surface area contributed by atoms with Crippen LogP contribution in [0.25, 0.3) is 0 Å². The molecule has 0 unspecified atom stereocenters. The van der Waals surface area contributed by atoms with Crippen LogP contribution in [0.1, 0.15) is 18.1 Å². The average molecular weight is 357 g/mol. The molecule has 138 valence electrons. The second-order valence-corrected chi connectivity index (χ2v) is 5.68. The number of ether oxygens (including phenoxy) is 2. The van der Waals surface area contributed by atoms with Gasteiger partial charge in [-0.05, 0) is 42.2 Å². The largest absolute Gasteiger partial charge is 0.483 e. The number of carbonyl (C=O) groups is 2. The third kappa shape index (κ3) is 6.47. The van der Waals surface area contributed by atoms with Crippen LogP contribution in [0, 0.1) is 0 Å². The minimum Gasteiger partial charge on any atom is -0.483 e. The second kappa shape index (κ2) is 10.1. The van der Waals surface area contributed by atoms with E-state index in [1.165, 1.54) is 0 Å². The quantitative estimate of drug-likeness (QED) is 0.682. The molecule has 0 aliphatic heterocycles. The fourth-order valence-corrected chi connectivity index (χ4v) is 2.37. The summed E-state index contributed by atoms with van der Waals surface area (Å²) in [6.45, 7) is 2.16. The molecule has 0 aliphatic carbocycles. The molecule has 0 aromatic heterocycles. The Hall–Kier alpha value is -3.02. The van der Waals surface area contributed by atoms with E-state index in [2.05, 4.69) is 5.32 Å². The van der Waals surface area contributed by atoms with Crippen LogP contribution in [0.15, 0.2) is 48.5 Å². The average Bonchev–Trinajstić information content (AvgIpc) is 2.66. The molecule has 6 nitrogen and oxygen atoms in total. The van der Waals surface area contributed by atoms with E-state index in [1.807, 2.05) is 43.3 Å². The Kier molecular flexibility index (Phi) is 7.49. The lowest BCUT2D eigenvalue weighted by Crippen LogP contribution is -2.30. The van der Waals surface area contributed by atoms with E-state index in [9.17, 15) is 9.59 Å². The number of carboxylic acid groups (broad SMARTS) is 1. The smallest absolute Gasteiger partial charge is 0.341 e. The summed E-state index contributed by atoms with van der Waals surface area (Å²) in [4.78, 5) is 22.3. The summed E-state index contributed by atoms with van der Waals surface area (Å²) >= 11 is 0. The third-order valence-electron chi connectivity index (χ3n) is 3.73. The highest BCUT2D eigenvalue weighted by Gasteiger charge is 2.05. The zero-order valence-electron chi connectivity index (χ0n) is 14.7. The fourth-order valence-electron chi connectivity index (χ4n) is 2.37. The number of carboxylic acids is 1. The monoisotopic (exact) mass is 357 g/mol. The summed E-state index contributed by atoms with van der Waals surface area (Å²) in [7, 11) is 0. The van der Waals surface area contributed by atoms with Gasteiger partial charge in [-0.3, -0.25) is 4.79 Å². The Labute approximate surface area is 152 Å². The topological polar surface area (TPSA) is 84.9 Å². The van der Waals surface area contributed by atoms with Crippen LogP contribution >= 0.6 is 0 Å². The van der Waals surface area contributed by atoms with Crippen LogP contribution in [-0.4, -0.2) is 36.7 Å². The van der Waals surface area contributed by atoms with Gasteiger partial charge < -0.3 is 19.9 Å². The standard InChI is InChI=1S/C20H23NO5/c1-2-16-5-3-4-6-18(16)26-13-19(22)21-12-11-15-7-9-17(10-8-15)25-14-20(23)24/h3-10H,2,11-14H2,1H3,(H,21,22)(H,23,24). The van der Waals surface area contributed by atoms with Gasteiger partial charge >= 0.3 is 5.97 Å². The van der Waals surface area contributed by atoms with Gasteiger partial charge in [0.25, 0.3) is 5.91 Å². The molecule has 0 atom stereocenters. The number of nitrogens with one attached hydrogen (secondary N) is 1. The number of hydrogen-bond donors (Lipinski definition) is 2. The van der Waals surface area contributed by atoms with Gasteiger partial charge in [0.1, 0.15) is 11.5 Å². The molecular formula is C20H23NO5. The van der Waals surface area contributed by atoms with Crippen LogP contribution in [0.3, 0.4) is 0 Å². The highest BCUT2D eigenvalue weighted by atomic mass is 16.5. The van der Waals surface area contributed by atoms with E-state index < -0.39 is 5.97 Å². The molecule has 2 aromatic carbocycles. The van der Waals surface area contributed by atoms with Crippen molar-refractivity contribution in [3.05, 3.63) is 59.7 Å². The van der Waals surface area contributed by atoms with Crippen LogP contribution in [0.2, 0.25) is 0 Å². The van der Waals surface area contributed by atoms with E-state index in [4.69, 9.17) is 14.6 Å². The molecule has 2 N–H and O–H groups in total. The lowest BCUT2D eigenvalue weighted by Gasteiger charge is -2.10. The minimum atomic E-state index is -1.01. The van der Waals surface area contributed by atoms with Crippen molar-refractivity contribution in [1.82, 2.24) is 5.32 Å². The molecule has 0 radical (unpaired) electrons. The van der Waals surface area contributed by atoms with Gasteiger partial charge in [0.2, 0.25) is 0 Å². The first kappa shape index (κ1) is 19.3. The molecule has 0 bridgehead atoms. The maximum atomic E-state index is 11.9. The number of aryl methyl sites for hydroxylation is 1. The van der Waals surface area contributed by atoms with E-state index >= 15 is 0 Å². The summed E-state index contributed by atoms with van der Waals surface area (Å²) in [5.41, 5.74) is 2.09. The fraction of sp³-hybridized carbons (Fsp3) is 0.300. The zero-order chi connectivity index (χ0) is 18.8. The van der Waals surface area contributed by atoms with Gasteiger partial charge in [-0.25, -0.2) is 4.79 Å². The Bertz CT molecular complexity index is 727. The Balaban J connectivity index is 1.70. The number of hydrogen-bond acceptors (Lipinski definition) is 4. The van der Waals surface area contributed by atoms with Gasteiger partial charge in [0, 0.05) is 6.54 Å². The summed E-state index contributed by atoms with van der Waals surface area (Å²) in [5.74, 6) is 0.0585. The molecule has 6 heteroatoms. The first-order valence-electron chi connectivity index (χ1n) is 8.49. The van der Waals surface area contributed by atoms with Gasteiger partial charge in [-0.15, -0.1) is 0 Å². The van der Waals surface area contributed by atoms with E-state index in [-0.39, 0.29) is 19.1 Å². The molecule has 2 rings (SSSR count). The summed E-state index contributed by atoms with van der Waals surface area (Å²) in [6.07, 6.45) is 1.51. The summed E-state index contributed by atoms with van der Waals surface area (Å²) < 4.78 is 10.7. The van der Waals surface area contributed by atoms with Crippen molar-refractivity contribution in [2.45, 2.75) is 19.8 Å². The second-order valence-electron chi connectivity index (χ2n) is 5.68. The molecule has 0 saturated carbocycles. The predicted molar refractivity (Wildman–Crippen MR) is 97.6 cm³/mol. The Morgan fingerprint density at radius 2 is 1.73 bits per heavy atom. The molecule has 0 heterocycles. The maximum Gasteiger partial charge on any atom is 0.341 e. The van der Waals surface area contributed by atoms with Gasteiger partial charge in [-0.2, -0.15) is 0 Å². The zero-order valence-corrected chi connectivity index (χ0v) is 14.7. The molecule has 1 amide bonds. The highest BCUT2D eigenvalue weighted by Crippen LogP contribution is 2.18. The number of rotatable bonds is 10. The molecule has 0 aliphatic rings. The van der Waals surface area contributed by atoms with E-state index in [0.29, 0.717) is 18.7 Å². The number of amides is 1. The number of carbonyl (C=O) groups excluding carboxylic acids is 1. The van der Waals surface area contributed by atoms with Crippen LogP contribution in [-0.2, 0) is 22.4 Å². The van der Waals surface area contributed by atoms with Gasteiger partial charge in [0.15, 0.2) is 13.2 Å². The predicted octanol–water partition coefficient (Wildman–Crippen LogP) is 2.45. The van der Waals surface area contributed by atoms with Gasteiger partial charge in [0.05, 0.1) is 0 Å². The summed E-state index contributed by atoms with van der Waals surface area (Å²) in [5, 5.41) is 11.4. The SMILES string of the molecule is CCc1ccccc1OCC(=O)NCCc1ccc(OCC(=O)O)cc1. The van der Waals surface area contributed by atoms with Crippen molar-refractivity contribution in [3.8, 4) is 11.5 Å². The first-order chi connectivity index (χ1) is 12.6. The van der Waals surface area contributed by atoms with Crippen LogP contribution < -0.4 is 14.8 Å². The number of benzene rings is 2.